The van der Waals surface area contributed by atoms with Crippen molar-refractivity contribution in [3.05, 3.63) is 72.1 Å². The second-order valence-electron chi connectivity index (χ2n) is 7.64. The number of pyridine rings is 1. The SMILES string of the molecule is COCCn1cc2c(Oc3ccc(SOOC)cc3)cc(C(=O)Nc3ccc(C)cn3)cc2c1O. The molecule has 9 nitrogen and oxygen atoms in total. The molecule has 2 N–H and O–H groups in total. The highest BCUT2D eigenvalue weighted by Crippen LogP contribution is 2.38. The highest BCUT2D eigenvalue weighted by atomic mass is 32.2. The Labute approximate surface area is 206 Å². The van der Waals surface area contributed by atoms with Crippen molar-refractivity contribution in [2.45, 2.75) is 18.4 Å². The van der Waals surface area contributed by atoms with E-state index in [2.05, 4.69) is 15.2 Å². The number of aromatic hydroxyl groups is 1. The normalized spacial score (nSPS) is 11.1. The number of rotatable bonds is 10. The van der Waals surface area contributed by atoms with Crippen LogP contribution in [0.3, 0.4) is 0 Å². The molecule has 1 amide bonds. The minimum Gasteiger partial charge on any atom is -0.494 e. The molecular formula is C25H25N3O6S. The summed E-state index contributed by atoms with van der Waals surface area (Å²) in [6, 6.07) is 14.1. The zero-order valence-corrected chi connectivity index (χ0v) is 20.3. The van der Waals surface area contributed by atoms with E-state index in [0.29, 0.717) is 46.8 Å². The van der Waals surface area contributed by atoms with Crippen molar-refractivity contribution >= 4 is 34.5 Å². The Hall–Kier alpha value is -3.57. The third-order valence-electron chi connectivity index (χ3n) is 5.14. The third-order valence-corrected chi connectivity index (χ3v) is 5.81. The predicted octanol–water partition coefficient (Wildman–Crippen LogP) is 5.33. The topological polar surface area (TPSA) is 104 Å². The first-order valence-electron chi connectivity index (χ1n) is 10.7. The Morgan fingerprint density at radius 3 is 2.60 bits per heavy atom. The smallest absolute Gasteiger partial charge is 0.256 e. The lowest BCUT2D eigenvalue weighted by Crippen LogP contribution is -2.13. The van der Waals surface area contributed by atoms with Gasteiger partial charge in [0.2, 0.25) is 0 Å². The molecule has 0 aliphatic heterocycles. The van der Waals surface area contributed by atoms with Crippen LogP contribution in [0.25, 0.3) is 10.8 Å². The quantitative estimate of drug-likeness (QED) is 0.173. The van der Waals surface area contributed by atoms with Gasteiger partial charge >= 0.3 is 0 Å². The van der Waals surface area contributed by atoms with Crippen molar-refractivity contribution < 1.29 is 28.6 Å². The van der Waals surface area contributed by atoms with Crippen molar-refractivity contribution in [3.8, 4) is 17.4 Å². The highest BCUT2D eigenvalue weighted by Gasteiger charge is 2.18. The van der Waals surface area contributed by atoms with Gasteiger partial charge in [-0.05, 0) is 55.0 Å². The van der Waals surface area contributed by atoms with Gasteiger partial charge < -0.3 is 24.5 Å². The molecule has 0 saturated carbocycles. The number of aromatic nitrogens is 2. The van der Waals surface area contributed by atoms with Crippen LogP contribution in [0.4, 0.5) is 5.82 Å². The van der Waals surface area contributed by atoms with E-state index in [1.807, 2.05) is 25.1 Å². The van der Waals surface area contributed by atoms with Gasteiger partial charge in [0.05, 0.1) is 25.8 Å². The van der Waals surface area contributed by atoms with Crippen LogP contribution in [-0.2, 0) is 20.5 Å². The van der Waals surface area contributed by atoms with Crippen molar-refractivity contribution in [2.24, 2.45) is 0 Å². The summed E-state index contributed by atoms with van der Waals surface area (Å²) in [7, 11) is 3.03. The van der Waals surface area contributed by atoms with E-state index in [4.69, 9.17) is 13.8 Å². The monoisotopic (exact) mass is 495 g/mol. The first kappa shape index (κ1) is 24.6. The lowest BCUT2D eigenvalue weighted by atomic mass is 10.1. The number of aryl methyl sites for hydroxylation is 1. The molecule has 2 aromatic heterocycles. The summed E-state index contributed by atoms with van der Waals surface area (Å²) in [5.74, 6) is 1.05. The number of anilines is 1. The second-order valence-corrected chi connectivity index (χ2v) is 8.42. The van der Waals surface area contributed by atoms with E-state index < -0.39 is 0 Å². The molecule has 0 spiro atoms. The fourth-order valence-electron chi connectivity index (χ4n) is 3.39. The Morgan fingerprint density at radius 1 is 1.11 bits per heavy atom. The summed E-state index contributed by atoms with van der Waals surface area (Å²) in [5, 5.41) is 14.8. The average Bonchev–Trinajstić information content (AvgIpc) is 3.19. The number of ether oxygens (including phenoxy) is 2. The van der Waals surface area contributed by atoms with Crippen molar-refractivity contribution in [2.75, 3.05) is 26.1 Å². The molecule has 0 radical (unpaired) electrons. The number of benzene rings is 2. The molecule has 0 atom stereocenters. The Morgan fingerprint density at radius 2 is 1.91 bits per heavy atom. The van der Waals surface area contributed by atoms with Crippen LogP contribution in [-0.4, -0.2) is 41.4 Å². The minimum absolute atomic E-state index is 0.0217. The second kappa shape index (κ2) is 11.2. The molecule has 2 heterocycles. The molecule has 182 valence electrons. The predicted molar refractivity (Wildman–Crippen MR) is 133 cm³/mol. The van der Waals surface area contributed by atoms with Crippen LogP contribution >= 0.6 is 12.0 Å². The summed E-state index contributed by atoms with van der Waals surface area (Å²) < 4.78 is 17.8. The summed E-state index contributed by atoms with van der Waals surface area (Å²) in [5.41, 5.74) is 1.30. The zero-order chi connectivity index (χ0) is 24.8. The molecule has 0 bridgehead atoms. The first-order chi connectivity index (χ1) is 17.0. The lowest BCUT2D eigenvalue weighted by Gasteiger charge is -2.11. The number of carbonyl (C=O) groups excluding carboxylic acids is 1. The van der Waals surface area contributed by atoms with E-state index >= 15 is 0 Å². The molecule has 0 fully saturated rings. The molecule has 10 heteroatoms. The van der Waals surface area contributed by atoms with Gasteiger partial charge in [-0.25, -0.2) is 9.87 Å². The van der Waals surface area contributed by atoms with Gasteiger partial charge in [-0.2, -0.15) is 4.33 Å². The molecule has 4 aromatic rings. The van der Waals surface area contributed by atoms with Crippen LogP contribution in [0.2, 0.25) is 0 Å². The highest BCUT2D eigenvalue weighted by molar-refractivity contribution is 7.94. The Bertz CT molecular complexity index is 1310. The zero-order valence-electron chi connectivity index (χ0n) is 19.5. The summed E-state index contributed by atoms with van der Waals surface area (Å²) in [4.78, 5) is 22.7. The summed E-state index contributed by atoms with van der Waals surface area (Å²) in [6.07, 6.45) is 3.45. The largest absolute Gasteiger partial charge is 0.494 e. The molecule has 0 saturated heterocycles. The van der Waals surface area contributed by atoms with Gasteiger partial charge in [0.1, 0.15) is 17.3 Å². The first-order valence-corrected chi connectivity index (χ1v) is 11.5. The fraction of sp³-hybridized carbons (Fsp3) is 0.200. The molecular weight excluding hydrogens is 470 g/mol. The lowest BCUT2D eigenvalue weighted by molar-refractivity contribution is -0.160. The van der Waals surface area contributed by atoms with E-state index in [1.165, 1.54) is 7.11 Å². The number of nitrogens with zero attached hydrogens (tertiary/aromatic N) is 2. The van der Waals surface area contributed by atoms with Gasteiger partial charge in [-0.1, -0.05) is 6.07 Å². The molecule has 35 heavy (non-hydrogen) atoms. The van der Waals surface area contributed by atoms with Crippen LogP contribution < -0.4 is 10.1 Å². The van der Waals surface area contributed by atoms with Crippen LogP contribution in [0.1, 0.15) is 15.9 Å². The van der Waals surface area contributed by atoms with E-state index in [-0.39, 0.29) is 11.8 Å². The maximum Gasteiger partial charge on any atom is 0.256 e. The molecule has 0 unspecified atom stereocenters. The number of fused-ring (bicyclic) bond motifs is 1. The average molecular weight is 496 g/mol. The van der Waals surface area contributed by atoms with Crippen molar-refractivity contribution in [1.82, 2.24) is 9.55 Å². The van der Waals surface area contributed by atoms with Gasteiger partial charge in [0.25, 0.3) is 5.91 Å². The standard InChI is InChI=1S/C25H25N3O6S/c1-16-4-9-23(26-14-16)27-24(29)17-12-20-21(15-28(25(20)30)10-11-31-2)22(13-17)33-18-5-7-19(8-6-18)35-34-32-3/h4-9,12-15,30H,10-11H2,1-3H3,(H,26,27,29). The van der Waals surface area contributed by atoms with Crippen molar-refractivity contribution in [1.29, 1.82) is 0 Å². The van der Waals surface area contributed by atoms with E-state index in [1.54, 1.807) is 54.4 Å². The number of hydrogen-bond acceptors (Lipinski definition) is 8. The summed E-state index contributed by atoms with van der Waals surface area (Å²) in [6.45, 7) is 2.78. The van der Waals surface area contributed by atoms with Crippen LogP contribution in [0, 0.1) is 6.92 Å². The number of carbonyl (C=O) groups is 1. The maximum absolute atomic E-state index is 13.0. The summed E-state index contributed by atoms with van der Waals surface area (Å²) >= 11 is 1.07. The Kier molecular flexibility index (Phi) is 7.88. The molecule has 2 aromatic carbocycles. The van der Waals surface area contributed by atoms with Gasteiger partial charge in [0.15, 0.2) is 5.88 Å². The molecule has 0 aliphatic rings. The molecule has 4 rings (SSSR count). The third kappa shape index (κ3) is 5.92. The minimum atomic E-state index is -0.374. The number of hydrogen-bond donors (Lipinski definition) is 2. The van der Waals surface area contributed by atoms with Crippen molar-refractivity contribution in [3.63, 3.8) is 0 Å². The number of methoxy groups -OCH3 is 1. The number of nitrogens with one attached hydrogen (secondary N) is 1. The van der Waals surface area contributed by atoms with Gasteiger partial charge in [-0.15, -0.1) is 0 Å². The number of amides is 1. The Balaban J connectivity index is 1.69. The fourth-order valence-corrected chi connectivity index (χ4v) is 3.78. The van der Waals surface area contributed by atoms with E-state index in [9.17, 15) is 9.90 Å². The van der Waals surface area contributed by atoms with Gasteiger partial charge in [0, 0.05) is 47.3 Å². The molecule has 0 aliphatic carbocycles. The maximum atomic E-state index is 13.0. The van der Waals surface area contributed by atoms with Crippen LogP contribution in [0.5, 0.6) is 17.4 Å². The van der Waals surface area contributed by atoms with Gasteiger partial charge in [-0.3, -0.25) is 4.79 Å². The van der Waals surface area contributed by atoms with Crippen LogP contribution in [0.15, 0.2) is 65.8 Å². The van der Waals surface area contributed by atoms with E-state index in [0.717, 1.165) is 22.5 Å².